The van der Waals surface area contributed by atoms with Crippen LogP contribution in [0.15, 0.2) is 0 Å². The Balaban J connectivity index is 2.53. The third-order valence-corrected chi connectivity index (χ3v) is 4.66. The lowest BCUT2D eigenvalue weighted by Gasteiger charge is -2.30. The Hall–Kier alpha value is -0.260. The zero-order chi connectivity index (χ0) is 15.2. The van der Waals surface area contributed by atoms with Gasteiger partial charge in [-0.15, -0.1) is 0 Å². The van der Waals surface area contributed by atoms with Gasteiger partial charge in [-0.2, -0.15) is 11.8 Å². The minimum Gasteiger partial charge on any atom is -0.383 e. The van der Waals surface area contributed by atoms with Gasteiger partial charge in [0.2, 0.25) is 5.91 Å². The fraction of sp³-hybridized carbons (Fsp3) is 0.933. The zero-order valence-electron chi connectivity index (χ0n) is 13.4. The van der Waals surface area contributed by atoms with Gasteiger partial charge < -0.3 is 15.4 Å². The van der Waals surface area contributed by atoms with E-state index in [2.05, 4.69) is 20.8 Å². The van der Waals surface area contributed by atoms with Crippen LogP contribution in [0, 0.1) is 5.41 Å². The molecule has 118 valence electrons. The molecule has 0 aliphatic carbocycles. The lowest BCUT2D eigenvalue weighted by atomic mass is 9.87. The molecular formula is C15H30N2O2S. The highest BCUT2D eigenvalue weighted by atomic mass is 32.2. The quantitative estimate of drug-likeness (QED) is 0.782. The summed E-state index contributed by atoms with van der Waals surface area (Å²) >= 11 is 1.92. The van der Waals surface area contributed by atoms with Crippen LogP contribution in [0.25, 0.3) is 0 Å². The van der Waals surface area contributed by atoms with E-state index in [1.54, 1.807) is 7.11 Å². The fourth-order valence-corrected chi connectivity index (χ4v) is 3.89. The molecule has 0 radical (unpaired) electrons. The zero-order valence-corrected chi connectivity index (χ0v) is 14.2. The first kappa shape index (κ1) is 17.8. The summed E-state index contributed by atoms with van der Waals surface area (Å²) in [5.41, 5.74) is 6.31. The van der Waals surface area contributed by atoms with Crippen LogP contribution in [0.2, 0.25) is 0 Å². The lowest BCUT2D eigenvalue weighted by Crippen LogP contribution is -2.45. The van der Waals surface area contributed by atoms with Crippen molar-refractivity contribution < 1.29 is 9.53 Å². The van der Waals surface area contributed by atoms with Crippen molar-refractivity contribution in [1.29, 1.82) is 0 Å². The van der Waals surface area contributed by atoms with E-state index >= 15 is 0 Å². The Morgan fingerprint density at radius 2 is 2.20 bits per heavy atom. The molecule has 2 N–H and O–H groups in total. The molecule has 1 rings (SSSR count). The van der Waals surface area contributed by atoms with Crippen LogP contribution in [0.1, 0.15) is 40.0 Å². The van der Waals surface area contributed by atoms with E-state index in [1.807, 2.05) is 16.7 Å². The highest BCUT2D eigenvalue weighted by Gasteiger charge is 2.28. The maximum absolute atomic E-state index is 12.5. The van der Waals surface area contributed by atoms with E-state index < -0.39 is 0 Å². The molecule has 0 aromatic heterocycles. The topological polar surface area (TPSA) is 55.6 Å². The predicted molar refractivity (Wildman–Crippen MR) is 86.0 cm³/mol. The lowest BCUT2D eigenvalue weighted by molar-refractivity contribution is -0.134. The summed E-state index contributed by atoms with van der Waals surface area (Å²) in [7, 11) is 1.68. The van der Waals surface area contributed by atoms with Crippen molar-refractivity contribution in [2.45, 2.75) is 52.1 Å². The van der Waals surface area contributed by atoms with Gasteiger partial charge in [-0.05, 0) is 24.0 Å². The van der Waals surface area contributed by atoms with Gasteiger partial charge in [-0.25, -0.2) is 0 Å². The predicted octanol–water partition coefficient (Wildman–Crippen LogP) is 2.12. The maximum Gasteiger partial charge on any atom is 0.224 e. The molecule has 1 amide bonds. The SMILES string of the molecule is COCCN(C(=O)CC(N)CC(C)(C)C)C1CCSC1. The molecule has 0 bridgehead atoms. The highest BCUT2D eigenvalue weighted by Crippen LogP contribution is 2.25. The number of thioether (sulfide) groups is 1. The summed E-state index contributed by atoms with van der Waals surface area (Å²) in [6.45, 7) is 7.76. The molecule has 1 aliphatic rings. The molecule has 0 aromatic carbocycles. The van der Waals surface area contributed by atoms with Crippen molar-refractivity contribution in [3.8, 4) is 0 Å². The van der Waals surface area contributed by atoms with Crippen LogP contribution >= 0.6 is 11.8 Å². The van der Waals surface area contributed by atoms with Gasteiger partial charge in [-0.1, -0.05) is 20.8 Å². The molecule has 1 heterocycles. The molecule has 0 aromatic rings. The Labute approximate surface area is 127 Å². The largest absolute Gasteiger partial charge is 0.383 e. The van der Waals surface area contributed by atoms with E-state index in [1.165, 1.54) is 0 Å². The van der Waals surface area contributed by atoms with Gasteiger partial charge in [0.05, 0.1) is 6.61 Å². The second-order valence-electron chi connectivity index (χ2n) is 6.83. The average Bonchev–Trinajstić information content (AvgIpc) is 2.80. The molecule has 0 saturated carbocycles. The van der Waals surface area contributed by atoms with E-state index in [0.29, 0.717) is 25.6 Å². The van der Waals surface area contributed by atoms with Crippen LogP contribution in [-0.2, 0) is 9.53 Å². The molecule has 2 atom stereocenters. The number of nitrogens with two attached hydrogens (primary N) is 1. The van der Waals surface area contributed by atoms with Crippen molar-refractivity contribution in [3.63, 3.8) is 0 Å². The molecule has 1 aliphatic heterocycles. The number of carbonyl (C=O) groups is 1. The molecule has 0 spiro atoms. The van der Waals surface area contributed by atoms with Gasteiger partial charge in [-0.3, -0.25) is 4.79 Å². The van der Waals surface area contributed by atoms with E-state index in [-0.39, 0.29) is 17.4 Å². The molecule has 5 heteroatoms. The third kappa shape index (κ3) is 6.46. The minimum atomic E-state index is -0.0541. The van der Waals surface area contributed by atoms with Crippen LogP contribution in [0.4, 0.5) is 0 Å². The van der Waals surface area contributed by atoms with Crippen LogP contribution in [0.5, 0.6) is 0 Å². The maximum atomic E-state index is 12.5. The van der Waals surface area contributed by atoms with Gasteiger partial charge in [0.15, 0.2) is 0 Å². The Kier molecular flexibility index (Phi) is 7.34. The first-order valence-corrected chi connectivity index (χ1v) is 8.60. The number of nitrogens with zero attached hydrogens (tertiary/aromatic N) is 1. The number of ether oxygens (including phenoxy) is 1. The first-order valence-electron chi connectivity index (χ1n) is 7.45. The average molecular weight is 302 g/mol. The van der Waals surface area contributed by atoms with Gasteiger partial charge in [0.1, 0.15) is 0 Å². The van der Waals surface area contributed by atoms with Gasteiger partial charge >= 0.3 is 0 Å². The first-order chi connectivity index (χ1) is 9.33. The van der Waals surface area contributed by atoms with Gasteiger partial charge in [0.25, 0.3) is 0 Å². The molecule has 20 heavy (non-hydrogen) atoms. The number of methoxy groups -OCH3 is 1. The van der Waals surface area contributed by atoms with Crippen molar-refractivity contribution in [2.24, 2.45) is 11.1 Å². The second kappa shape index (κ2) is 8.25. The Morgan fingerprint density at radius 1 is 1.50 bits per heavy atom. The summed E-state index contributed by atoms with van der Waals surface area (Å²) in [6.07, 6.45) is 2.41. The van der Waals surface area contributed by atoms with Crippen LogP contribution in [0.3, 0.4) is 0 Å². The summed E-state index contributed by atoms with van der Waals surface area (Å²) in [6, 6.07) is 0.311. The van der Waals surface area contributed by atoms with Crippen LogP contribution in [-0.4, -0.2) is 54.7 Å². The number of rotatable bonds is 7. The summed E-state index contributed by atoms with van der Waals surface area (Å²) in [5.74, 6) is 2.38. The van der Waals surface area contributed by atoms with Gasteiger partial charge in [0, 0.05) is 37.9 Å². The van der Waals surface area contributed by atoms with Crippen molar-refractivity contribution in [3.05, 3.63) is 0 Å². The normalized spacial score (nSPS) is 20.9. The Morgan fingerprint density at radius 3 is 2.70 bits per heavy atom. The summed E-state index contributed by atoms with van der Waals surface area (Å²) in [4.78, 5) is 14.5. The monoisotopic (exact) mass is 302 g/mol. The molecular weight excluding hydrogens is 272 g/mol. The summed E-state index contributed by atoms with van der Waals surface area (Å²) in [5, 5.41) is 0. The summed E-state index contributed by atoms with van der Waals surface area (Å²) < 4.78 is 5.14. The van der Waals surface area contributed by atoms with E-state index in [4.69, 9.17) is 10.5 Å². The second-order valence-corrected chi connectivity index (χ2v) is 7.98. The number of hydrogen-bond acceptors (Lipinski definition) is 4. The molecule has 1 fully saturated rings. The molecule has 4 nitrogen and oxygen atoms in total. The van der Waals surface area contributed by atoms with Crippen molar-refractivity contribution in [1.82, 2.24) is 4.90 Å². The minimum absolute atomic E-state index is 0.0541. The number of hydrogen-bond donors (Lipinski definition) is 1. The van der Waals surface area contributed by atoms with Crippen molar-refractivity contribution in [2.75, 3.05) is 31.8 Å². The molecule has 1 saturated heterocycles. The highest BCUT2D eigenvalue weighted by molar-refractivity contribution is 7.99. The third-order valence-electron chi connectivity index (χ3n) is 3.51. The number of carbonyl (C=O) groups excluding carboxylic acids is 1. The fourth-order valence-electron chi connectivity index (χ4n) is 2.67. The van der Waals surface area contributed by atoms with E-state index in [0.717, 1.165) is 24.3 Å². The smallest absolute Gasteiger partial charge is 0.224 e. The van der Waals surface area contributed by atoms with Crippen molar-refractivity contribution >= 4 is 17.7 Å². The standard InChI is InChI=1S/C15H30N2O2S/c1-15(2,3)10-12(16)9-14(18)17(6-7-19-4)13-5-8-20-11-13/h12-13H,5-11,16H2,1-4H3. The number of amides is 1. The van der Waals surface area contributed by atoms with Crippen LogP contribution < -0.4 is 5.73 Å². The van der Waals surface area contributed by atoms with E-state index in [9.17, 15) is 4.79 Å². The Bertz CT molecular complexity index is 299. The molecule has 2 unspecified atom stereocenters.